The Morgan fingerprint density at radius 3 is 2.46 bits per heavy atom. The first-order valence-electron chi connectivity index (χ1n) is 8.69. The van der Waals surface area contributed by atoms with E-state index < -0.39 is 29.9 Å². The number of hydrogen-bond donors (Lipinski definition) is 1. The minimum atomic E-state index is -0.815. The lowest BCUT2D eigenvalue weighted by atomic mass is 10.0. The number of piperidine rings is 1. The maximum Gasteiger partial charge on any atom is 0.408 e. The Kier molecular flexibility index (Phi) is 6.23. The summed E-state index contributed by atoms with van der Waals surface area (Å²) < 4.78 is 10.6. The molecule has 1 aromatic rings. The number of carbonyl (C=O) groups excluding carboxylic acids is 3. The van der Waals surface area contributed by atoms with Crippen LogP contribution in [0.4, 0.5) is 4.79 Å². The summed E-state index contributed by atoms with van der Waals surface area (Å²) >= 11 is 0. The molecular weight excluding hydrogens is 336 g/mol. The zero-order chi connectivity index (χ0) is 19.3. The smallest absolute Gasteiger partial charge is 0.408 e. The van der Waals surface area contributed by atoms with Crippen LogP contribution in [0.25, 0.3) is 0 Å². The average Bonchev–Trinajstić information content (AvgIpc) is 2.54. The summed E-state index contributed by atoms with van der Waals surface area (Å²) in [7, 11) is 0. The van der Waals surface area contributed by atoms with Crippen LogP contribution in [0.3, 0.4) is 0 Å². The molecule has 1 aliphatic rings. The van der Waals surface area contributed by atoms with Crippen molar-refractivity contribution in [2.45, 2.75) is 58.4 Å². The molecule has 7 heteroatoms. The van der Waals surface area contributed by atoms with E-state index in [0.29, 0.717) is 24.9 Å². The van der Waals surface area contributed by atoms with Gasteiger partial charge in [0.1, 0.15) is 11.6 Å². The van der Waals surface area contributed by atoms with Crippen molar-refractivity contribution in [2.24, 2.45) is 0 Å². The Hall–Kier alpha value is -2.57. The third kappa shape index (κ3) is 5.47. The Morgan fingerprint density at radius 2 is 1.88 bits per heavy atom. The number of esters is 1. The summed E-state index contributed by atoms with van der Waals surface area (Å²) in [6.07, 6.45) is -0.265. The van der Waals surface area contributed by atoms with Crippen molar-refractivity contribution < 1.29 is 23.9 Å². The summed E-state index contributed by atoms with van der Waals surface area (Å²) in [5, 5.41) is 2.62. The molecule has 1 fully saturated rings. The van der Waals surface area contributed by atoms with Crippen LogP contribution < -0.4 is 5.32 Å². The van der Waals surface area contributed by atoms with Crippen molar-refractivity contribution in [3.05, 3.63) is 35.9 Å². The summed E-state index contributed by atoms with van der Waals surface area (Å²) in [5.74, 6) is -0.772. The van der Waals surface area contributed by atoms with Crippen LogP contribution in [0.1, 0.15) is 52.3 Å². The number of nitrogens with one attached hydrogen (secondary N) is 1. The second-order valence-electron chi connectivity index (χ2n) is 7.25. The number of amides is 2. The summed E-state index contributed by atoms with van der Waals surface area (Å²) in [6.45, 7) is 7.02. The number of benzene rings is 1. The number of carbonyl (C=O) groups is 3. The van der Waals surface area contributed by atoms with Crippen LogP contribution in [0.15, 0.2) is 30.3 Å². The van der Waals surface area contributed by atoms with Crippen molar-refractivity contribution in [2.75, 3.05) is 6.54 Å². The van der Waals surface area contributed by atoms with E-state index >= 15 is 0 Å². The lowest BCUT2D eigenvalue weighted by molar-refractivity contribution is -0.167. The third-order valence-corrected chi connectivity index (χ3v) is 3.81. The van der Waals surface area contributed by atoms with Gasteiger partial charge in [-0.15, -0.1) is 0 Å². The maximum atomic E-state index is 12.9. The quantitative estimate of drug-likeness (QED) is 0.833. The first kappa shape index (κ1) is 19.8. The van der Waals surface area contributed by atoms with E-state index in [2.05, 4.69) is 5.32 Å². The van der Waals surface area contributed by atoms with Gasteiger partial charge >= 0.3 is 12.1 Å². The summed E-state index contributed by atoms with van der Waals surface area (Å²) in [4.78, 5) is 37.9. The van der Waals surface area contributed by atoms with E-state index in [1.54, 1.807) is 32.9 Å². The first-order valence-corrected chi connectivity index (χ1v) is 8.69. The van der Waals surface area contributed by atoms with Gasteiger partial charge in [0.2, 0.25) is 12.1 Å². The molecule has 2 amide bonds. The standard InChI is InChI=1S/C19H26N2O5/c1-13(22)25-17(14-9-6-5-7-10-14)21-12-8-11-15(16(21)23)20-18(24)26-19(2,3)4/h5-7,9-10,15,17H,8,11-12H2,1-4H3,(H,20,24). The van der Waals surface area contributed by atoms with Crippen molar-refractivity contribution in [3.8, 4) is 0 Å². The topological polar surface area (TPSA) is 84.9 Å². The molecule has 2 rings (SSSR count). The molecule has 0 radical (unpaired) electrons. The molecule has 1 aromatic carbocycles. The van der Waals surface area contributed by atoms with E-state index in [1.165, 1.54) is 11.8 Å². The highest BCUT2D eigenvalue weighted by atomic mass is 16.6. The second-order valence-corrected chi connectivity index (χ2v) is 7.25. The van der Waals surface area contributed by atoms with Crippen LogP contribution in [0.5, 0.6) is 0 Å². The van der Waals surface area contributed by atoms with Gasteiger partial charge in [0.25, 0.3) is 0 Å². The van der Waals surface area contributed by atoms with E-state index in [0.717, 1.165) is 0 Å². The van der Waals surface area contributed by atoms with Crippen LogP contribution in [-0.4, -0.2) is 41.1 Å². The molecule has 2 unspecified atom stereocenters. The average molecular weight is 362 g/mol. The van der Waals surface area contributed by atoms with Crippen LogP contribution in [0, 0.1) is 0 Å². The largest absolute Gasteiger partial charge is 0.444 e. The van der Waals surface area contributed by atoms with Crippen molar-refractivity contribution >= 4 is 18.0 Å². The van der Waals surface area contributed by atoms with Crippen molar-refractivity contribution in [1.29, 1.82) is 0 Å². The summed E-state index contributed by atoms with van der Waals surface area (Å²) in [5.41, 5.74) is 0.0557. The van der Waals surface area contributed by atoms with E-state index in [9.17, 15) is 14.4 Å². The third-order valence-electron chi connectivity index (χ3n) is 3.81. The molecule has 142 valence electrons. The predicted octanol–water partition coefficient (Wildman–Crippen LogP) is 2.76. The van der Waals surface area contributed by atoms with Gasteiger partial charge in [-0.05, 0) is 33.6 Å². The fourth-order valence-corrected chi connectivity index (χ4v) is 2.80. The van der Waals surface area contributed by atoms with Crippen LogP contribution in [-0.2, 0) is 19.1 Å². The minimum absolute atomic E-state index is 0.294. The fraction of sp³-hybridized carbons (Fsp3) is 0.526. The molecule has 1 heterocycles. The predicted molar refractivity (Wildman–Crippen MR) is 95.1 cm³/mol. The molecule has 0 saturated carbocycles. The van der Waals surface area contributed by atoms with Crippen LogP contribution in [0.2, 0.25) is 0 Å². The maximum absolute atomic E-state index is 12.9. The molecule has 2 atom stereocenters. The molecule has 1 saturated heterocycles. The molecule has 26 heavy (non-hydrogen) atoms. The fourth-order valence-electron chi connectivity index (χ4n) is 2.80. The Labute approximate surface area is 153 Å². The van der Waals surface area contributed by atoms with E-state index in [-0.39, 0.29) is 5.91 Å². The van der Waals surface area contributed by atoms with Gasteiger partial charge in [-0.3, -0.25) is 9.59 Å². The molecule has 0 aromatic heterocycles. The molecule has 0 spiro atoms. The Bertz CT molecular complexity index is 654. The number of nitrogens with zero attached hydrogens (tertiary/aromatic N) is 1. The van der Waals surface area contributed by atoms with Crippen LogP contribution >= 0.6 is 0 Å². The number of hydrogen-bond acceptors (Lipinski definition) is 5. The van der Waals surface area contributed by atoms with Gasteiger partial charge in [0.15, 0.2) is 0 Å². The SMILES string of the molecule is CC(=O)OC(c1ccccc1)N1CCCC(NC(=O)OC(C)(C)C)C1=O. The number of alkyl carbamates (subject to hydrolysis) is 1. The van der Waals surface area contributed by atoms with Gasteiger partial charge in [-0.2, -0.15) is 0 Å². The Morgan fingerprint density at radius 1 is 1.23 bits per heavy atom. The Balaban J connectivity index is 2.15. The van der Waals surface area contributed by atoms with Gasteiger partial charge in [0, 0.05) is 19.0 Å². The zero-order valence-corrected chi connectivity index (χ0v) is 15.7. The molecule has 7 nitrogen and oxygen atoms in total. The van der Waals surface area contributed by atoms with Gasteiger partial charge in [0.05, 0.1) is 0 Å². The van der Waals surface area contributed by atoms with E-state index in [1.807, 2.05) is 18.2 Å². The number of ether oxygens (including phenoxy) is 2. The highest BCUT2D eigenvalue weighted by Crippen LogP contribution is 2.27. The summed E-state index contributed by atoms with van der Waals surface area (Å²) in [6, 6.07) is 8.37. The molecule has 1 aliphatic heterocycles. The number of likely N-dealkylation sites (tertiary alicyclic amines) is 1. The molecule has 0 bridgehead atoms. The van der Waals surface area contributed by atoms with Gasteiger partial charge in [-0.25, -0.2) is 4.79 Å². The van der Waals surface area contributed by atoms with Crippen molar-refractivity contribution in [1.82, 2.24) is 10.2 Å². The highest BCUT2D eigenvalue weighted by molar-refractivity contribution is 5.86. The molecular formula is C19H26N2O5. The monoisotopic (exact) mass is 362 g/mol. The minimum Gasteiger partial charge on any atom is -0.444 e. The zero-order valence-electron chi connectivity index (χ0n) is 15.7. The van der Waals surface area contributed by atoms with E-state index in [4.69, 9.17) is 9.47 Å². The van der Waals surface area contributed by atoms with Gasteiger partial charge in [-0.1, -0.05) is 30.3 Å². The molecule has 0 aliphatic carbocycles. The first-order chi connectivity index (χ1) is 12.2. The normalized spacial score (nSPS) is 18.8. The highest BCUT2D eigenvalue weighted by Gasteiger charge is 2.36. The van der Waals surface area contributed by atoms with Gasteiger partial charge < -0.3 is 19.7 Å². The molecule has 1 N–H and O–H groups in total. The lowest BCUT2D eigenvalue weighted by Gasteiger charge is -2.37. The second kappa shape index (κ2) is 8.21. The lowest BCUT2D eigenvalue weighted by Crippen LogP contribution is -2.54. The van der Waals surface area contributed by atoms with Crippen molar-refractivity contribution in [3.63, 3.8) is 0 Å². The number of rotatable bonds is 4.